The van der Waals surface area contributed by atoms with Crippen LogP contribution in [0.3, 0.4) is 0 Å². The largest absolute Gasteiger partial charge is 0.481 e. The lowest BCUT2D eigenvalue weighted by molar-refractivity contribution is -0.153. The van der Waals surface area contributed by atoms with Crippen LogP contribution in [0.4, 0.5) is 24.5 Å². The molecule has 1 aromatic heterocycles. The maximum absolute atomic E-state index is 13.6. The van der Waals surface area contributed by atoms with E-state index < -0.39 is 29.5 Å². The molecule has 5 rings (SSSR count). The zero-order valence-electron chi connectivity index (χ0n) is 22.8. The Balaban J connectivity index is 1.18. The number of oxazole rings is 1. The van der Waals surface area contributed by atoms with Crippen molar-refractivity contribution in [2.75, 3.05) is 36.4 Å². The van der Waals surface area contributed by atoms with Gasteiger partial charge in [0, 0.05) is 55.5 Å². The van der Waals surface area contributed by atoms with Crippen molar-refractivity contribution in [3.05, 3.63) is 66.1 Å². The number of carbonyl (C=O) groups is 3. The van der Waals surface area contributed by atoms with Gasteiger partial charge in [-0.25, -0.2) is 4.98 Å². The van der Waals surface area contributed by atoms with E-state index in [1.54, 1.807) is 42.5 Å². The lowest BCUT2D eigenvalue weighted by Gasteiger charge is -2.39. The Morgan fingerprint density at radius 3 is 2.31 bits per heavy atom. The molecule has 0 bridgehead atoms. The van der Waals surface area contributed by atoms with Gasteiger partial charge in [-0.2, -0.15) is 13.2 Å². The highest BCUT2D eigenvalue weighted by molar-refractivity contribution is 6.04. The summed E-state index contributed by atoms with van der Waals surface area (Å²) in [6.07, 6.45) is -1.70. The Kier molecular flexibility index (Phi) is 8.51. The molecule has 2 heterocycles. The van der Waals surface area contributed by atoms with Crippen molar-refractivity contribution >= 4 is 29.2 Å². The molecule has 1 saturated heterocycles. The average molecular weight is 585 g/mol. The number of anilines is 2. The quantitative estimate of drug-likeness (QED) is 0.375. The Labute approximate surface area is 240 Å². The van der Waals surface area contributed by atoms with Crippen LogP contribution < -0.4 is 10.2 Å². The Morgan fingerprint density at radius 2 is 1.67 bits per heavy atom. The smallest absolute Gasteiger partial charge is 0.452 e. The number of amides is 2. The number of carbonyl (C=O) groups excluding carboxylic acids is 2. The molecule has 1 saturated carbocycles. The molecule has 0 unspecified atom stereocenters. The van der Waals surface area contributed by atoms with E-state index in [2.05, 4.69) is 15.2 Å². The number of nitrogens with zero attached hydrogens (tertiary/aromatic N) is 3. The summed E-state index contributed by atoms with van der Waals surface area (Å²) in [4.78, 5) is 44.8. The molecule has 2 fully saturated rings. The van der Waals surface area contributed by atoms with E-state index in [1.807, 2.05) is 4.90 Å². The Morgan fingerprint density at radius 1 is 0.976 bits per heavy atom. The minimum atomic E-state index is -4.91. The Hall–Kier alpha value is -4.35. The molecule has 2 atom stereocenters. The Bertz CT molecular complexity index is 1420. The summed E-state index contributed by atoms with van der Waals surface area (Å²) < 4.78 is 45.8. The van der Waals surface area contributed by atoms with Gasteiger partial charge in [0.05, 0.1) is 0 Å². The molecule has 12 heteroatoms. The van der Waals surface area contributed by atoms with E-state index in [0.29, 0.717) is 43.9 Å². The molecule has 2 N–H and O–H groups in total. The third-order valence-electron chi connectivity index (χ3n) is 7.80. The third-order valence-corrected chi connectivity index (χ3v) is 7.80. The number of carboxylic acids is 1. The zero-order chi connectivity index (χ0) is 29.9. The first-order valence-corrected chi connectivity index (χ1v) is 13.9. The van der Waals surface area contributed by atoms with Gasteiger partial charge in [-0.1, -0.05) is 24.6 Å². The predicted molar refractivity (Wildman–Crippen MR) is 148 cm³/mol. The minimum absolute atomic E-state index is 0.0424. The topological polar surface area (TPSA) is 116 Å². The summed E-state index contributed by atoms with van der Waals surface area (Å²) in [6, 6.07) is 14.7. The molecule has 2 aliphatic rings. The van der Waals surface area contributed by atoms with Gasteiger partial charge < -0.3 is 24.6 Å². The van der Waals surface area contributed by atoms with E-state index >= 15 is 0 Å². The van der Waals surface area contributed by atoms with Crippen molar-refractivity contribution in [3.8, 4) is 11.5 Å². The number of halogens is 3. The fraction of sp³-hybridized carbons (Fsp3) is 0.400. The van der Waals surface area contributed by atoms with E-state index in [1.165, 1.54) is 12.1 Å². The van der Waals surface area contributed by atoms with Crippen LogP contribution in [-0.2, 0) is 15.8 Å². The lowest BCUT2D eigenvalue weighted by atomic mass is 9.79. The second kappa shape index (κ2) is 12.3. The van der Waals surface area contributed by atoms with Crippen molar-refractivity contribution in [1.82, 2.24) is 9.88 Å². The summed E-state index contributed by atoms with van der Waals surface area (Å²) >= 11 is 0. The number of alkyl halides is 3. The number of hydrogen-bond donors (Lipinski definition) is 2. The summed E-state index contributed by atoms with van der Waals surface area (Å²) in [7, 11) is 0. The zero-order valence-corrected chi connectivity index (χ0v) is 22.8. The number of carboxylic acid groups (broad SMARTS) is 1. The van der Waals surface area contributed by atoms with Gasteiger partial charge in [-0.3, -0.25) is 14.4 Å². The van der Waals surface area contributed by atoms with Crippen LogP contribution in [0.5, 0.6) is 0 Å². The number of benzene rings is 2. The van der Waals surface area contributed by atoms with Crippen molar-refractivity contribution in [2.24, 2.45) is 11.8 Å². The number of rotatable bonds is 7. The van der Waals surface area contributed by atoms with Crippen LogP contribution in [-0.4, -0.2) is 59.0 Å². The first-order chi connectivity index (χ1) is 20.1. The van der Waals surface area contributed by atoms with E-state index in [4.69, 9.17) is 9.52 Å². The second-order valence-corrected chi connectivity index (χ2v) is 10.7. The van der Waals surface area contributed by atoms with E-state index in [-0.39, 0.29) is 30.1 Å². The molecular weight excluding hydrogens is 553 g/mol. The molecule has 1 aliphatic carbocycles. The third kappa shape index (κ3) is 6.75. The maximum Gasteiger partial charge on any atom is 0.452 e. The van der Waals surface area contributed by atoms with Gasteiger partial charge in [-0.05, 0) is 61.6 Å². The number of aromatic nitrogens is 1. The van der Waals surface area contributed by atoms with Crippen LogP contribution in [0.25, 0.3) is 11.5 Å². The number of aliphatic carboxylic acids is 1. The van der Waals surface area contributed by atoms with Crippen LogP contribution in [0.2, 0.25) is 0 Å². The monoisotopic (exact) mass is 584 g/mol. The molecular formula is C30H31F3N4O5. The van der Waals surface area contributed by atoms with Crippen LogP contribution in [0.15, 0.2) is 59.0 Å². The van der Waals surface area contributed by atoms with Gasteiger partial charge in [0.2, 0.25) is 17.6 Å². The minimum Gasteiger partial charge on any atom is -0.481 e. The van der Waals surface area contributed by atoms with Gasteiger partial charge in [0.1, 0.15) is 0 Å². The molecule has 9 nitrogen and oxygen atoms in total. The molecule has 2 amide bonds. The van der Waals surface area contributed by atoms with E-state index in [9.17, 15) is 27.6 Å². The highest BCUT2D eigenvalue weighted by Gasteiger charge is 2.42. The van der Waals surface area contributed by atoms with Gasteiger partial charge >= 0.3 is 12.1 Å². The summed E-state index contributed by atoms with van der Waals surface area (Å²) in [5, 5.41) is 11.6. The van der Waals surface area contributed by atoms with E-state index in [0.717, 1.165) is 24.9 Å². The highest BCUT2D eigenvalue weighted by Crippen LogP contribution is 2.36. The van der Waals surface area contributed by atoms with Crippen molar-refractivity contribution in [1.29, 1.82) is 0 Å². The van der Waals surface area contributed by atoms with Crippen molar-refractivity contribution in [2.45, 2.75) is 38.3 Å². The highest BCUT2D eigenvalue weighted by atomic mass is 19.4. The molecule has 0 radical (unpaired) electrons. The molecule has 3 aromatic rings. The molecule has 0 spiro atoms. The molecule has 2 aromatic carbocycles. The SMILES string of the molecule is O=C(O)C[C@H]1CCC[C@@H](C(=O)N2CCN(c3ccc(NC(=O)c4nc(-c5ccccc5)oc4C(F)(F)F)cc3)CC2)C1. The van der Waals surface area contributed by atoms with Gasteiger partial charge in [0.15, 0.2) is 5.69 Å². The lowest BCUT2D eigenvalue weighted by Crippen LogP contribution is -2.51. The standard InChI is InChI=1S/C30H31F3N4O5/c31-30(32,33)26-25(35-28(42-26)20-6-2-1-3-7-20)27(40)34-22-9-11-23(12-10-22)36-13-15-37(16-14-36)29(41)21-8-4-5-19(17-21)18-24(38)39/h1-3,6-7,9-12,19,21H,4-5,8,13-18H2,(H,34,40)(H,38,39)/t19-,21+/m0/s1. The number of piperazine rings is 1. The molecule has 42 heavy (non-hydrogen) atoms. The predicted octanol–water partition coefficient (Wildman–Crippen LogP) is 5.54. The summed E-state index contributed by atoms with van der Waals surface area (Å²) in [6.45, 7) is 2.26. The number of nitrogens with one attached hydrogen (secondary N) is 1. The van der Waals surface area contributed by atoms with Crippen molar-refractivity contribution < 1.29 is 37.1 Å². The normalized spacial score (nSPS) is 19.4. The molecule has 222 valence electrons. The van der Waals surface area contributed by atoms with Gasteiger partial charge in [0.25, 0.3) is 5.91 Å². The van der Waals surface area contributed by atoms with Crippen LogP contribution >= 0.6 is 0 Å². The maximum atomic E-state index is 13.6. The average Bonchev–Trinajstić information content (AvgIpc) is 3.45. The fourth-order valence-corrected chi connectivity index (χ4v) is 5.71. The fourth-order valence-electron chi connectivity index (χ4n) is 5.71. The van der Waals surface area contributed by atoms with Gasteiger partial charge in [-0.15, -0.1) is 0 Å². The van der Waals surface area contributed by atoms with Crippen LogP contribution in [0, 0.1) is 11.8 Å². The summed E-state index contributed by atoms with van der Waals surface area (Å²) in [5.41, 5.74) is 0.610. The number of hydrogen-bond acceptors (Lipinski definition) is 6. The first-order valence-electron chi connectivity index (χ1n) is 13.9. The second-order valence-electron chi connectivity index (χ2n) is 10.7. The van der Waals surface area contributed by atoms with Crippen LogP contribution in [0.1, 0.15) is 48.4 Å². The van der Waals surface area contributed by atoms with Crippen molar-refractivity contribution in [3.63, 3.8) is 0 Å². The molecule has 1 aliphatic heterocycles. The first kappa shape index (κ1) is 29.2. The summed E-state index contributed by atoms with van der Waals surface area (Å²) in [5.74, 6) is -3.64.